The van der Waals surface area contributed by atoms with Crippen molar-refractivity contribution < 1.29 is 13.5 Å². The number of benzene rings is 1. The number of likely N-dealkylation sites (N-methyl/N-ethyl adjacent to an activating group) is 1. The lowest BCUT2D eigenvalue weighted by molar-refractivity contribution is 0.226. The summed E-state index contributed by atoms with van der Waals surface area (Å²) in [6, 6.07) is 8.20. The SMILES string of the molecule is CCN1CCC[C@H](Nc2nnc(-c3ccc(S(C)(=O)=O)cc3O)c3cccnc23)C1. The fraction of sp³-hybridized carbons (Fsp3) is 0.381. The fourth-order valence-corrected chi connectivity index (χ4v) is 4.52. The summed E-state index contributed by atoms with van der Waals surface area (Å²) >= 11 is 0. The molecular weight excluding hydrogens is 402 g/mol. The number of likely N-dealkylation sites (tertiary alicyclic amines) is 1. The molecule has 1 aromatic carbocycles. The van der Waals surface area contributed by atoms with E-state index in [0.29, 0.717) is 22.6 Å². The second-order valence-electron chi connectivity index (χ2n) is 7.62. The number of phenols is 1. The molecule has 1 fully saturated rings. The van der Waals surface area contributed by atoms with Crippen LogP contribution in [0, 0.1) is 0 Å². The Morgan fingerprint density at radius 1 is 1.27 bits per heavy atom. The zero-order valence-corrected chi connectivity index (χ0v) is 17.9. The lowest BCUT2D eigenvalue weighted by Gasteiger charge is -2.32. The van der Waals surface area contributed by atoms with Crippen LogP contribution in [0.5, 0.6) is 5.75 Å². The molecule has 9 heteroatoms. The number of aromatic nitrogens is 3. The average molecular weight is 428 g/mol. The Labute approximate surface area is 175 Å². The first-order chi connectivity index (χ1) is 14.4. The van der Waals surface area contributed by atoms with Gasteiger partial charge in [0.2, 0.25) is 0 Å². The highest BCUT2D eigenvalue weighted by Crippen LogP contribution is 2.35. The van der Waals surface area contributed by atoms with Crippen molar-refractivity contribution in [1.82, 2.24) is 20.1 Å². The summed E-state index contributed by atoms with van der Waals surface area (Å²) in [7, 11) is -3.42. The predicted molar refractivity (Wildman–Crippen MR) is 116 cm³/mol. The van der Waals surface area contributed by atoms with Crippen molar-refractivity contribution in [2.45, 2.75) is 30.7 Å². The summed E-state index contributed by atoms with van der Waals surface area (Å²) in [6.45, 7) is 5.24. The van der Waals surface area contributed by atoms with Crippen LogP contribution >= 0.6 is 0 Å². The normalized spacial score (nSPS) is 17.9. The van der Waals surface area contributed by atoms with Gasteiger partial charge in [-0.3, -0.25) is 4.98 Å². The number of nitrogens with one attached hydrogen (secondary N) is 1. The van der Waals surface area contributed by atoms with E-state index in [-0.39, 0.29) is 16.7 Å². The van der Waals surface area contributed by atoms with Crippen LogP contribution in [-0.2, 0) is 9.84 Å². The van der Waals surface area contributed by atoms with E-state index in [1.807, 2.05) is 6.07 Å². The minimum absolute atomic E-state index is 0.0511. The highest BCUT2D eigenvalue weighted by Gasteiger charge is 2.22. The van der Waals surface area contributed by atoms with Crippen LogP contribution in [0.15, 0.2) is 41.4 Å². The van der Waals surface area contributed by atoms with Gasteiger partial charge in [0.15, 0.2) is 15.7 Å². The summed E-state index contributed by atoms with van der Waals surface area (Å²) in [6.07, 6.45) is 4.99. The smallest absolute Gasteiger partial charge is 0.175 e. The van der Waals surface area contributed by atoms with E-state index in [0.717, 1.165) is 44.1 Å². The Morgan fingerprint density at radius 2 is 2.10 bits per heavy atom. The molecule has 0 saturated carbocycles. The number of fused-ring (bicyclic) bond motifs is 1. The second-order valence-corrected chi connectivity index (χ2v) is 9.64. The van der Waals surface area contributed by atoms with Crippen LogP contribution in [0.25, 0.3) is 22.2 Å². The number of nitrogens with zero attached hydrogens (tertiary/aromatic N) is 4. The van der Waals surface area contributed by atoms with Crippen molar-refractivity contribution >= 4 is 26.6 Å². The molecule has 3 aromatic rings. The molecule has 30 heavy (non-hydrogen) atoms. The van der Waals surface area contributed by atoms with Crippen LogP contribution in [-0.4, -0.2) is 65.5 Å². The van der Waals surface area contributed by atoms with Crippen molar-refractivity contribution in [3.8, 4) is 17.0 Å². The maximum absolute atomic E-state index is 11.8. The van der Waals surface area contributed by atoms with E-state index in [1.165, 1.54) is 12.1 Å². The Hall–Kier alpha value is -2.78. The van der Waals surface area contributed by atoms with Gasteiger partial charge in [0, 0.05) is 36.0 Å². The van der Waals surface area contributed by atoms with Gasteiger partial charge in [-0.2, -0.15) is 0 Å². The first-order valence-electron chi connectivity index (χ1n) is 10.0. The first-order valence-corrected chi connectivity index (χ1v) is 11.9. The zero-order chi connectivity index (χ0) is 21.3. The van der Waals surface area contributed by atoms with Gasteiger partial charge < -0.3 is 15.3 Å². The van der Waals surface area contributed by atoms with E-state index >= 15 is 0 Å². The second kappa shape index (κ2) is 8.16. The minimum Gasteiger partial charge on any atom is -0.507 e. The zero-order valence-electron chi connectivity index (χ0n) is 17.0. The average Bonchev–Trinajstić information content (AvgIpc) is 2.74. The molecule has 8 nitrogen and oxygen atoms in total. The number of hydrogen-bond acceptors (Lipinski definition) is 8. The Morgan fingerprint density at radius 3 is 2.83 bits per heavy atom. The number of hydrogen-bond donors (Lipinski definition) is 2. The Kier molecular flexibility index (Phi) is 5.57. The third-order valence-corrected chi connectivity index (χ3v) is 6.59. The number of rotatable bonds is 5. The van der Waals surface area contributed by atoms with Crippen LogP contribution < -0.4 is 5.32 Å². The van der Waals surface area contributed by atoms with Gasteiger partial charge in [0.25, 0.3) is 0 Å². The van der Waals surface area contributed by atoms with Gasteiger partial charge in [0.05, 0.1) is 4.90 Å². The summed E-state index contributed by atoms with van der Waals surface area (Å²) in [5.74, 6) is 0.452. The molecule has 1 saturated heterocycles. The molecule has 1 atom stereocenters. The summed E-state index contributed by atoms with van der Waals surface area (Å²) < 4.78 is 23.5. The van der Waals surface area contributed by atoms with Gasteiger partial charge in [-0.25, -0.2) is 8.42 Å². The largest absolute Gasteiger partial charge is 0.507 e. The van der Waals surface area contributed by atoms with Gasteiger partial charge in [-0.15, -0.1) is 10.2 Å². The van der Waals surface area contributed by atoms with E-state index in [1.54, 1.807) is 18.3 Å². The van der Waals surface area contributed by atoms with Crippen LogP contribution in [0.3, 0.4) is 0 Å². The van der Waals surface area contributed by atoms with E-state index in [9.17, 15) is 13.5 Å². The molecule has 0 aliphatic carbocycles. The summed E-state index contributed by atoms with van der Waals surface area (Å²) in [5, 5.41) is 23.4. The number of sulfone groups is 1. The van der Waals surface area contributed by atoms with Crippen molar-refractivity contribution in [3.63, 3.8) is 0 Å². The standard InChI is InChI=1S/C21H25N5O3S/c1-3-26-11-5-6-14(13-26)23-21-20-17(7-4-10-22-20)19(24-25-21)16-9-8-15(12-18(16)27)30(2,28)29/h4,7-10,12,14,27H,3,5-6,11,13H2,1-2H3,(H,23,25)/t14-/m0/s1. The van der Waals surface area contributed by atoms with Crippen molar-refractivity contribution in [1.29, 1.82) is 0 Å². The Balaban J connectivity index is 1.73. The lowest BCUT2D eigenvalue weighted by Crippen LogP contribution is -2.42. The number of piperidine rings is 1. The number of aromatic hydroxyl groups is 1. The number of anilines is 1. The maximum atomic E-state index is 11.8. The third-order valence-electron chi connectivity index (χ3n) is 5.48. The van der Waals surface area contributed by atoms with Crippen LogP contribution in [0.4, 0.5) is 5.82 Å². The Bertz CT molecular complexity index is 1180. The van der Waals surface area contributed by atoms with Crippen LogP contribution in [0.1, 0.15) is 19.8 Å². The highest BCUT2D eigenvalue weighted by atomic mass is 32.2. The molecule has 158 valence electrons. The van der Waals surface area contributed by atoms with Gasteiger partial charge >= 0.3 is 0 Å². The predicted octanol–water partition coefficient (Wildman–Crippen LogP) is 2.70. The van der Waals surface area contributed by atoms with E-state index < -0.39 is 9.84 Å². The lowest BCUT2D eigenvalue weighted by atomic mass is 10.0. The van der Waals surface area contributed by atoms with E-state index in [2.05, 4.69) is 32.3 Å². The van der Waals surface area contributed by atoms with Crippen molar-refractivity contribution in [3.05, 3.63) is 36.5 Å². The molecule has 0 radical (unpaired) electrons. The minimum atomic E-state index is -3.42. The molecule has 0 spiro atoms. The van der Waals surface area contributed by atoms with Crippen molar-refractivity contribution in [2.75, 3.05) is 31.2 Å². The number of pyridine rings is 1. The molecule has 0 amide bonds. The highest BCUT2D eigenvalue weighted by molar-refractivity contribution is 7.90. The molecule has 0 unspecified atom stereocenters. The maximum Gasteiger partial charge on any atom is 0.175 e. The molecule has 0 bridgehead atoms. The number of phenolic OH excluding ortho intramolecular Hbond substituents is 1. The molecule has 3 heterocycles. The molecule has 2 aromatic heterocycles. The molecule has 2 N–H and O–H groups in total. The molecular formula is C21H25N5O3S. The molecule has 1 aliphatic heterocycles. The van der Waals surface area contributed by atoms with E-state index in [4.69, 9.17) is 0 Å². The van der Waals surface area contributed by atoms with Gasteiger partial charge in [-0.05, 0) is 56.3 Å². The third kappa shape index (κ3) is 4.08. The summed E-state index contributed by atoms with van der Waals surface area (Å²) in [4.78, 5) is 6.96. The summed E-state index contributed by atoms with van der Waals surface area (Å²) in [5.41, 5.74) is 1.54. The van der Waals surface area contributed by atoms with Crippen LogP contribution in [0.2, 0.25) is 0 Å². The van der Waals surface area contributed by atoms with Gasteiger partial charge in [0.1, 0.15) is 17.0 Å². The molecule has 4 rings (SSSR count). The van der Waals surface area contributed by atoms with Crippen molar-refractivity contribution in [2.24, 2.45) is 0 Å². The van der Waals surface area contributed by atoms with Gasteiger partial charge in [-0.1, -0.05) is 6.92 Å². The topological polar surface area (TPSA) is 108 Å². The quantitative estimate of drug-likeness (QED) is 0.640. The first kappa shape index (κ1) is 20.5. The fourth-order valence-electron chi connectivity index (χ4n) is 3.88. The molecule has 1 aliphatic rings. The monoisotopic (exact) mass is 427 g/mol.